The van der Waals surface area contributed by atoms with Crippen molar-refractivity contribution in [1.82, 2.24) is 4.90 Å². The molecule has 2 N–H and O–H groups in total. The first-order valence-electron chi connectivity index (χ1n) is 14.5. The lowest BCUT2D eigenvalue weighted by atomic mass is 10.0. The Morgan fingerprint density at radius 2 is 1.29 bits per heavy atom. The van der Waals surface area contributed by atoms with E-state index in [2.05, 4.69) is 13.8 Å². The van der Waals surface area contributed by atoms with Crippen LogP contribution in [0.1, 0.15) is 116 Å². The highest BCUT2D eigenvalue weighted by Crippen LogP contribution is 2.24. The smallest absolute Gasteiger partial charge is 0.323 e. The van der Waals surface area contributed by atoms with Gasteiger partial charge in [0.15, 0.2) is 0 Å². The Bertz CT molecular complexity index is 821. The van der Waals surface area contributed by atoms with E-state index in [4.69, 9.17) is 14.9 Å². The number of para-hydroxylation sites is 1. The van der Waals surface area contributed by atoms with Gasteiger partial charge in [-0.3, -0.25) is 14.4 Å². The topological polar surface area (TPSA) is 104 Å². The summed E-state index contributed by atoms with van der Waals surface area (Å²) in [6.45, 7) is 3.01. The third-order valence-corrected chi connectivity index (χ3v) is 6.67. The molecule has 0 radical (unpaired) electrons. The number of ether oxygens (including phenoxy) is 1. The Hall–Kier alpha value is -2.83. The fourth-order valence-corrected chi connectivity index (χ4v) is 4.45. The van der Waals surface area contributed by atoms with E-state index in [1.165, 1.54) is 83.1 Å². The van der Waals surface area contributed by atoms with Gasteiger partial charge in [0.1, 0.15) is 18.8 Å². The van der Waals surface area contributed by atoms with Crippen LogP contribution in [-0.2, 0) is 14.4 Å². The number of rotatable bonds is 23. The highest BCUT2D eigenvalue weighted by Gasteiger charge is 2.18. The van der Waals surface area contributed by atoms with Crippen LogP contribution in [0.4, 0.5) is 0 Å². The molecule has 7 nitrogen and oxygen atoms in total. The van der Waals surface area contributed by atoms with Gasteiger partial charge in [-0.1, -0.05) is 109 Å². The third-order valence-electron chi connectivity index (χ3n) is 6.67. The van der Waals surface area contributed by atoms with E-state index in [0.29, 0.717) is 11.3 Å². The molecule has 0 aliphatic rings. The van der Waals surface area contributed by atoms with Gasteiger partial charge in [-0.25, -0.2) is 0 Å². The van der Waals surface area contributed by atoms with Crippen LogP contribution in [0.25, 0.3) is 6.08 Å². The molecule has 0 aliphatic heterocycles. The van der Waals surface area contributed by atoms with Gasteiger partial charge >= 0.3 is 11.9 Å². The van der Waals surface area contributed by atoms with E-state index in [-0.39, 0.29) is 6.10 Å². The molecule has 0 bridgehead atoms. The molecule has 0 saturated heterocycles. The molecule has 7 heteroatoms. The number of carboxylic acid groups (broad SMARTS) is 2. The van der Waals surface area contributed by atoms with Gasteiger partial charge in [-0.15, -0.1) is 0 Å². The number of aliphatic carboxylic acids is 2. The standard InChI is InChI=1S/C31H49NO6/c1-3-5-6-7-8-9-10-11-12-13-14-15-16-20-27(4-2)38-28-21-18-17-19-26(28)22-23-29(33)32(24-30(34)35)25-31(36)37/h17-19,21-23,27H,3-16,20,24-25H2,1-2H3,(H,34,35)(H,36,37). The minimum Gasteiger partial charge on any atom is -0.490 e. The fraction of sp³-hybridized carbons (Fsp3) is 0.645. The van der Waals surface area contributed by atoms with Crippen LogP contribution in [0, 0.1) is 0 Å². The molecule has 214 valence electrons. The van der Waals surface area contributed by atoms with Crippen LogP contribution >= 0.6 is 0 Å². The predicted octanol–water partition coefficient (Wildman–Crippen LogP) is 7.34. The Balaban J connectivity index is 2.41. The normalized spacial score (nSPS) is 11.9. The van der Waals surface area contributed by atoms with Gasteiger partial charge < -0.3 is 19.8 Å². The molecule has 1 aromatic rings. The van der Waals surface area contributed by atoms with Gasteiger partial charge in [0.25, 0.3) is 0 Å². The van der Waals surface area contributed by atoms with Crippen molar-refractivity contribution in [3.05, 3.63) is 35.9 Å². The summed E-state index contributed by atoms with van der Waals surface area (Å²) < 4.78 is 6.26. The maximum atomic E-state index is 12.4. The summed E-state index contributed by atoms with van der Waals surface area (Å²) in [5.41, 5.74) is 0.690. The SMILES string of the molecule is CCCCCCCCCCCCCCCC(CC)Oc1ccccc1C=CC(=O)N(CC(=O)O)CC(=O)O. The largest absolute Gasteiger partial charge is 0.490 e. The highest BCUT2D eigenvalue weighted by molar-refractivity contribution is 5.95. The van der Waals surface area contributed by atoms with Gasteiger partial charge in [0.05, 0.1) is 6.10 Å². The van der Waals surface area contributed by atoms with Crippen LogP contribution in [0.5, 0.6) is 5.75 Å². The second-order valence-corrected chi connectivity index (χ2v) is 10.0. The number of nitrogens with zero attached hydrogens (tertiary/aromatic N) is 1. The summed E-state index contributed by atoms with van der Waals surface area (Å²) in [6, 6.07) is 7.36. The zero-order chi connectivity index (χ0) is 28.0. The predicted molar refractivity (Wildman–Crippen MR) is 152 cm³/mol. The molecule has 0 aliphatic carbocycles. The molecule has 0 heterocycles. The van der Waals surface area contributed by atoms with Crippen molar-refractivity contribution in [2.75, 3.05) is 13.1 Å². The summed E-state index contributed by atoms with van der Waals surface area (Å²) in [5, 5.41) is 17.9. The number of amides is 1. The molecule has 1 unspecified atom stereocenters. The zero-order valence-electron chi connectivity index (χ0n) is 23.5. The molecule has 1 rings (SSSR count). The van der Waals surface area contributed by atoms with Crippen LogP contribution < -0.4 is 4.74 Å². The van der Waals surface area contributed by atoms with Crippen molar-refractivity contribution in [2.24, 2.45) is 0 Å². The number of carboxylic acids is 2. The maximum Gasteiger partial charge on any atom is 0.323 e. The average Bonchev–Trinajstić information content (AvgIpc) is 2.88. The monoisotopic (exact) mass is 531 g/mol. The fourth-order valence-electron chi connectivity index (χ4n) is 4.45. The van der Waals surface area contributed by atoms with E-state index < -0.39 is 30.9 Å². The first-order chi connectivity index (χ1) is 18.4. The second kappa shape index (κ2) is 21.1. The molecule has 0 aromatic heterocycles. The van der Waals surface area contributed by atoms with Crippen molar-refractivity contribution in [3.63, 3.8) is 0 Å². The zero-order valence-corrected chi connectivity index (χ0v) is 23.5. The molecule has 1 aromatic carbocycles. The molecular formula is C31H49NO6. The van der Waals surface area contributed by atoms with Crippen molar-refractivity contribution in [1.29, 1.82) is 0 Å². The molecule has 1 amide bonds. The Morgan fingerprint density at radius 1 is 0.789 bits per heavy atom. The van der Waals surface area contributed by atoms with Crippen molar-refractivity contribution in [3.8, 4) is 5.75 Å². The molecule has 0 spiro atoms. The number of carbonyl (C=O) groups is 3. The van der Waals surface area contributed by atoms with Crippen molar-refractivity contribution in [2.45, 2.75) is 116 Å². The second-order valence-electron chi connectivity index (χ2n) is 10.0. The number of benzene rings is 1. The lowest BCUT2D eigenvalue weighted by molar-refractivity contribution is -0.147. The molecule has 0 saturated carbocycles. The summed E-state index contributed by atoms with van der Waals surface area (Å²) in [5.74, 6) is -2.56. The lowest BCUT2D eigenvalue weighted by Crippen LogP contribution is -2.38. The minimum absolute atomic E-state index is 0.0727. The number of hydrogen-bond acceptors (Lipinski definition) is 4. The summed E-state index contributed by atoms with van der Waals surface area (Å²) in [4.78, 5) is 35.1. The first kappa shape index (κ1) is 33.2. The number of hydrogen-bond donors (Lipinski definition) is 2. The molecule has 1 atom stereocenters. The van der Waals surface area contributed by atoms with Crippen LogP contribution in [-0.4, -0.2) is 52.2 Å². The van der Waals surface area contributed by atoms with E-state index >= 15 is 0 Å². The van der Waals surface area contributed by atoms with Gasteiger partial charge in [-0.2, -0.15) is 0 Å². The first-order valence-corrected chi connectivity index (χ1v) is 14.5. The van der Waals surface area contributed by atoms with Crippen LogP contribution in [0.15, 0.2) is 30.3 Å². The van der Waals surface area contributed by atoms with Gasteiger partial charge in [0.2, 0.25) is 5.91 Å². The third kappa shape index (κ3) is 16.1. The quantitative estimate of drug-likeness (QED) is 0.113. The minimum atomic E-state index is -1.27. The molecule has 38 heavy (non-hydrogen) atoms. The van der Waals surface area contributed by atoms with Crippen molar-refractivity contribution >= 4 is 23.9 Å². The Morgan fingerprint density at radius 3 is 1.79 bits per heavy atom. The maximum absolute atomic E-state index is 12.4. The Kier molecular flexibility index (Phi) is 18.5. The molecular weight excluding hydrogens is 482 g/mol. The average molecular weight is 532 g/mol. The molecule has 0 fully saturated rings. The van der Waals surface area contributed by atoms with Gasteiger partial charge in [-0.05, 0) is 31.4 Å². The van der Waals surface area contributed by atoms with E-state index in [1.54, 1.807) is 6.08 Å². The summed E-state index contributed by atoms with van der Waals surface area (Å²) in [7, 11) is 0. The summed E-state index contributed by atoms with van der Waals surface area (Å²) in [6.07, 6.45) is 21.8. The van der Waals surface area contributed by atoms with Crippen LogP contribution in [0.2, 0.25) is 0 Å². The highest BCUT2D eigenvalue weighted by atomic mass is 16.5. The van der Waals surface area contributed by atoms with Crippen LogP contribution in [0.3, 0.4) is 0 Å². The van der Waals surface area contributed by atoms with Crippen molar-refractivity contribution < 1.29 is 29.3 Å². The van der Waals surface area contributed by atoms with E-state index in [0.717, 1.165) is 24.2 Å². The number of carbonyl (C=O) groups excluding carboxylic acids is 1. The lowest BCUT2D eigenvalue weighted by Gasteiger charge is -2.19. The van der Waals surface area contributed by atoms with E-state index in [9.17, 15) is 14.4 Å². The van der Waals surface area contributed by atoms with Gasteiger partial charge in [0, 0.05) is 11.6 Å². The van der Waals surface area contributed by atoms with E-state index in [1.807, 2.05) is 24.3 Å². The number of unbranched alkanes of at least 4 members (excludes halogenated alkanes) is 12. The Labute approximate surface area is 229 Å². The summed E-state index contributed by atoms with van der Waals surface area (Å²) >= 11 is 0.